The summed E-state index contributed by atoms with van der Waals surface area (Å²) < 4.78 is 0. The summed E-state index contributed by atoms with van der Waals surface area (Å²) in [5.74, 6) is 0.330. The molecule has 1 aromatic carbocycles. The van der Waals surface area contributed by atoms with Crippen molar-refractivity contribution in [3.05, 3.63) is 42.5 Å². The summed E-state index contributed by atoms with van der Waals surface area (Å²) in [5.41, 5.74) is 1.15. The molecule has 116 valence electrons. The molecule has 1 heterocycles. The van der Waals surface area contributed by atoms with Gasteiger partial charge in [0.15, 0.2) is 0 Å². The van der Waals surface area contributed by atoms with Crippen molar-refractivity contribution in [2.45, 2.75) is 25.5 Å². The molecule has 1 saturated heterocycles. The normalized spacial score (nSPS) is 18.5. The van der Waals surface area contributed by atoms with Crippen LogP contribution in [0.1, 0.15) is 18.4 Å². The summed E-state index contributed by atoms with van der Waals surface area (Å²) in [7, 11) is 0. The lowest BCUT2D eigenvalue weighted by Gasteiger charge is -2.35. The first-order valence-electron chi connectivity index (χ1n) is 7.69. The predicted octanol–water partition coefficient (Wildman–Crippen LogP) is 1.84. The van der Waals surface area contributed by atoms with E-state index < -0.39 is 0 Å². The smallest absolute Gasteiger partial charge is 0.115 e. The largest absolute Gasteiger partial charge is 0.508 e. The fraction of sp³-hybridized carbons (Fsp3) is 0.529. The number of aromatic hydroxyl groups is 1. The Bertz CT molecular complexity index is 442. The molecule has 0 bridgehead atoms. The second-order valence-corrected chi connectivity index (χ2v) is 5.77. The Labute approximate surface area is 127 Å². The highest BCUT2D eigenvalue weighted by Gasteiger charge is 2.19. The van der Waals surface area contributed by atoms with Gasteiger partial charge in [0, 0.05) is 39.3 Å². The number of phenols is 1. The van der Waals surface area contributed by atoms with E-state index in [2.05, 4.69) is 16.4 Å². The van der Waals surface area contributed by atoms with Crippen LogP contribution in [0.25, 0.3) is 0 Å². The number of piperazine rings is 1. The van der Waals surface area contributed by atoms with Gasteiger partial charge in [-0.2, -0.15) is 0 Å². The number of hydrogen-bond acceptors (Lipinski definition) is 4. The van der Waals surface area contributed by atoms with E-state index in [1.165, 1.54) is 0 Å². The maximum absolute atomic E-state index is 9.93. The molecule has 2 rings (SSSR count). The Morgan fingerprint density at radius 1 is 1.19 bits per heavy atom. The molecule has 1 aliphatic rings. The second kappa shape index (κ2) is 8.17. The van der Waals surface area contributed by atoms with Gasteiger partial charge < -0.3 is 10.2 Å². The molecule has 1 aromatic rings. The quantitative estimate of drug-likeness (QED) is 0.752. The van der Waals surface area contributed by atoms with E-state index in [1.54, 1.807) is 6.07 Å². The molecule has 1 unspecified atom stereocenters. The number of aliphatic hydroxyl groups is 1. The lowest BCUT2D eigenvalue weighted by atomic mass is 10.1. The Balaban J connectivity index is 1.72. The van der Waals surface area contributed by atoms with Crippen LogP contribution in [0, 0.1) is 0 Å². The molecular formula is C17H26N2O2. The molecule has 4 heteroatoms. The van der Waals surface area contributed by atoms with Gasteiger partial charge in [0.25, 0.3) is 0 Å². The molecule has 2 N–H and O–H groups in total. The lowest BCUT2D eigenvalue weighted by Crippen LogP contribution is -2.48. The summed E-state index contributed by atoms with van der Waals surface area (Å²) in [4.78, 5) is 4.72. The van der Waals surface area contributed by atoms with Crippen molar-refractivity contribution in [2.75, 3.05) is 32.7 Å². The highest BCUT2D eigenvalue weighted by atomic mass is 16.3. The minimum Gasteiger partial charge on any atom is -0.508 e. The molecule has 21 heavy (non-hydrogen) atoms. The van der Waals surface area contributed by atoms with E-state index in [4.69, 9.17) is 0 Å². The topological polar surface area (TPSA) is 46.9 Å². The van der Waals surface area contributed by atoms with Gasteiger partial charge in [-0.25, -0.2) is 0 Å². The van der Waals surface area contributed by atoms with Crippen molar-refractivity contribution in [1.29, 1.82) is 0 Å². The standard InChI is InChI=1S/C17H26N2O2/c1-2-3-6-17(21)14-19-10-8-18(9-11-19)13-15-5-4-7-16(20)12-15/h2,4-5,7,12,17,20-21H,1,3,6,8-11,13-14H2. The number of hydrogen-bond donors (Lipinski definition) is 2. The molecule has 0 amide bonds. The molecule has 1 fully saturated rings. The third kappa shape index (κ3) is 5.50. The number of nitrogens with zero attached hydrogens (tertiary/aromatic N) is 2. The number of allylic oxidation sites excluding steroid dienone is 1. The minimum absolute atomic E-state index is 0.249. The fourth-order valence-corrected chi connectivity index (χ4v) is 2.74. The van der Waals surface area contributed by atoms with Gasteiger partial charge in [-0.15, -0.1) is 6.58 Å². The molecular weight excluding hydrogens is 264 g/mol. The van der Waals surface area contributed by atoms with Gasteiger partial charge in [0.1, 0.15) is 5.75 Å². The molecule has 1 aliphatic heterocycles. The van der Waals surface area contributed by atoms with E-state index in [0.717, 1.165) is 57.7 Å². The Hall–Kier alpha value is -1.36. The van der Waals surface area contributed by atoms with E-state index in [0.29, 0.717) is 5.75 Å². The van der Waals surface area contributed by atoms with Crippen molar-refractivity contribution >= 4 is 0 Å². The van der Waals surface area contributed by atoms with Crippen molar-refractivity contribution in [1.82, 2.24) is 9.80 Å². The molecule has 0 aromatic heterocycles. The lowest BCUT2D eigenvalue weighted by molar-refractivity contribution is 0.0669. The molecule has 4 nitrogen and oxygen atoms in total. The summed E-state index contributed by atoms with van der Waals surface area (Å²) in [6, 6.07) is 7.46. The second-order valence-electron chi connectivity index (χ2n) is 5.77. The van der Waals surface area contributed by atoms with Gasteiger partial charge in [0.05, 0.1) is 6.10 Å². The summed E-state index contributed by atoms with van der Waals surface area (Å²) in [6.45, 7) is 9.31. The zero-order chi connectivity index (χ0) is 15.1. The van der Waals surface area contributed by atoms with Crippen LogP contribution in [0.4, 0.5) is 0 Å². The van der Waals surface area contributed by atoms with Gasteiger partial charge >= 0.3 is 0 Å². The first-order chi connectivity index (χ1) is 10.2. The van der Waals surface area contributed by atoms with Crippen LogP contribution in [0.3, 0.4) is 0 Å². The summed E-state index contributed by atoms with van der Waals surface area (Å²) >= 11 is 0. The number of aliphatic hydroxyl groups excluding tert-OH is 1. The van der Waals surface area contributed by atoms with E-state index in [9.17, 15) is 10.2 Å². The van der Waals surface area contributed by atoms with Crippen LogP contribution in [0.5, 0.6) is 5.75 Å². The van der Waals surface area contributed by atoms with Gasteiger partial charge in [-0.1, -0.05) is 18.2 Å². The van der Waals surface area contributed by atoms with Crippen LogP contribution in [0.2, 0.25) is 0 Å². The number of benzene rings is 1. The third-order valence-electron chi connectivity index (χ3n) is 3.95. The monoisotopic (exact) mass is 290 g/mol. The zero-order valence-corrected chi connectivity index (χ0v) is 12.6. The predicted molar refractivity (Wildman–Crippen MR) is 85.3 cm³/mol. The number of rotatable bonds is 7. The number of β-amino-alcohol motifs (C(OH)–C–C–N with tert-alkyl or cyclic N) is 1. The summed E-state index contributed by atoms with van der Waals surface area (Å²) in [6.07, 6.45) is 3.28. The van der Waals surface area contributed by atoms with Crippen LogP contribution in [-0.2, 0) is 6.54 Å². The summed E-state index contributed by atoms with van der Waals surface area (Å²) in [5, 5.41) is 19.4. The highest BCUT2D eigenvalue weighted by Crippen LogP contribution is 2.14. The molecule has 0 spiro atoms. The Morgan fingerprint density at radius 3 is 2.57 bits per heavy atom. The van der Waals surface area contributed by atoms with Gasteiger partial charge in [-0.3, -0.25) is 9.80 Å². The van der Waals surface area contributed by atoms with Gasteiger partial charge in [-0.05, 0) is 30.5 Å². The maximum atomic E-state index is 9.93. The highest BCUT2D eigenvalue weighted by molar-refractivity contribution is 5.27. The average molecular weight is 290 g/mol. The molecule has 0 radical (unpaired) electrons. The molecule has 0 saturated carbocycles. The van der Waals surface area contributed by atoms with Crippen LogP contribution in [0.15, 0.2) is 36.9 Å². The third-order valence-corrected chi connectivity index (χ3v) is 3.95. The van der Waals surface area contributed by atoms with Crippen LogP contribution < -0.4 is 0 Å². The maximum Gasteiger partial charge on any atom is 0.115 e. The van der Waals surface area contributed by atoms with Crippen molar-refractivity contribution in [2.24, 2.45) is 0 Å². The van der Waals surface area contributed by atoms with E-state index in [1.807, 2.05) is 24.3 Å². The SMILES string of the molecule is C=CCCC(O)CN1CCN(Cc2cccc(O)c2)CC1. The molecule has 0 aliphatic carbocycles. The first kappa shape index (κ1) is 16.0. The average Bonchev–Trinajstić information content (AvgIpc) is 2.47. The van der Waals surface area contributed by atoms with E-state index in [-0.39, 0.29) is 6.10 Å². The first-order valence-corrected chi connectivity index (χ1v) is 7.69. The zero-order valence-electron chi connectivity index (χ0n) is 12.6. The van der Waals surface area contributed by atoms with Crippen molar-refractivity contribution in [3.8, 4) is 5.75 Å². The molecule has 1 atom stereocenters. The Kier molecular flexibility index (Phi) is 6.23. The Morgan fingerprint density at radius 2 is 1.90 bits per heavy atom. The van der Waals surface area contributed by atoms with Crippen LogP contribution >= 0.6 is 0 Å². The van der Waals surface area contributed by atoms with Crippen molar-refractivity contribution < 1.29 is 10.2 Å². The number of phenolic OH excluding ortho intramolecular Hbond substituents is 1. The fourth-order valence-electron chi connectivity index (χ4n) is 2.74. The van der Waals surface area contributed by atoms with Gasteiger partial charge in [0.2, 0.25) is 0 Å². The van der Waals surface area contributed by atoms with Crippen LogP contribution in [-0.4, -0.2) is 58.8 Å². The van der Waals surface area contributed by atoms with E-state index >= 15 is 0 Å². The van der Waals surface area contributed by atoms with Crippen molar-refractivity contribution in [3.63, 3.8) is 0 Å². The minimum atomic E-state index is -0.249.